The minimum absolute atomic E-state index is 0.899. The second kappa shape index (κ2) is 11.2. The summed E-state index contributed by atoms with van der Waals surface area (Å²) in [6, 6.07) is 63.2. The first-order valence-corrected chi connectivity index (χ1v) is 17.4. The fourth-order valence-corrected chi connectivity index (χ4v) is 8.54. The number of hydrogen-bond acceptors (Lipinski definition) is 3. The molecule has 3 heteroatoms. The highest BCUT2D eigenvalue weighted by Gasteiger charge is 2.21. The number of benzene rings is 8. The smallest absolute Gasteiger partial charge is 0.143 e. The van der Waals surface area contributed by atoms with E-state index in [1.54, 1.807) is 0 Å². The molecule has 0 aliphatic rings. The SMILES string of the molecule is c1ccc(-c2ccc(N(c3ccccc3-c3ccc4oc5c6ccccc6ccc5c4c3)c3cccc4c3sc3ccccc34)cc2)cc1. The molecule has 0 amide bonds. The van der Waals surface area contributed by atoms with Crippen molar-refractivity contribution in [2.75, 3.05) is 4.90 Å². The van der Waals surface area contributed by atoms with Crippen LogP contribution in [0, 0.1) is 0 Å². The maximum absolute atomic E-state index is 6.49. The number of thiophene rings is 1. The number of nitrogens with zero attached hydrogens (tertiary/aromatic N) is 1. The average molecular weight is 644 g/mol. The van der Waals surface area contributed by atoms with E-state index in [0.29, 0.717) is 0 Å². The summed E-state index contributed by atoms with van der Waals surface area (Å²) in [5.41, 5.74) is 9.95. The molecule has 2 nitrogen and oxygen atoms in total. The third-order valence-corrected chi connectivity index (χ3v) is 10.9. The summed E-state index contributed by atoms with van der Waals surface area (Å²) in [5, 5.41) is 7.15. The topological polar surface area (TPSA) is 16.4 Å². The standard InChI is InChI=1S/C46H29NOS/c1-2-11-30(12-3-1)31-21-25-34(26-22-31)47(42-19-10-17-39-37-16-7-9-20-44(37)49-46(39)42)41-18-8-6-14-35(41)33-24-28-43-40(29-33)38-27-23-32-13-4-5-15-36(32)45(38)48-43/h1-29H. The molecule has 0 fully saturated rings. The van der Waals surface area contributed by atoms with Crippen LogP contribution in [0.25, 0.3) is 75.1 Å². The molecule has 8 aromatic carbocycles. The summed E-state index contributed by atoms with van der Waals surface area (Å²) in [5.74, 6) is 0. The zero-order chi connectivity index (χ0) is 32.3. The summed E-state index contributed by atoms with van der Waals surface area (Å²) in [4.78, 5) is 2.44. The summed E-state index contributed by atoms with van der Waals surface area (Å²) < 4.78 is 9.05. The van der Waals surface area contributed by atoms with Crippen LogP contribution in [0.4, 0.5) is 17.1 Å². The lowest BCUT2D eigenvalue weighted by atomic mass is 9.98. The summed E-state index contributed by atoms with van der Waals surface area (Å²) >= 11 is 1.86. The molecule has 10 rings (SSSR count). The summed E-state index contributed by atoms with van der Waals surface area (Å²) in [6.07, 6.45) is 0. The molecule has 0 saturated heterocycles. The van der Waals surface area contributed by atoms with Gasteiger partial charge in [0.2, 0.25) is 0 Å². The van der Waals surface area contributed by atoms with E-state index in [4.69, 9.17) is 4.42 Å². The Balaban J connectivity index is 1.19. The highest BCUT2D eigenvalue weighted by molar-refractivity contribution is 7.26. The predicted molar refractivity (Wildman–Crippen MR) is 210 cm³/mol. The second-order valence-electron chi connectivity index (χ2n) is 12.5. The lowest BCUT2D eigenvalue weighted by Gasteiger charge is -2.28. The molecule has 2 heterocycles. The van der Waals surface area contributed by atoms with Gasteiger partial charge in [-0.05, 0) is 70.6 Å². The maximum atomic E-state index is 6.49. The van der Waals surface area contributed by atoms with Crippen LogP contribution in [0.3, 0.4) is 0 Å². The Morgan fingerprint density at radius 1 is 0.429 bits per heavy atom. The number of hydrogen-bond donors (Lipinski definition) is 0. The van der Waals surface area contributed by atoms with Crippen molar-refractivity contribution in [1.29, 1.82) is 0 Å². The predicted octanol–water partition coefficient (Wildman–Crippen LogP) is 13.9. The van der Waals surface area contributed by atoms with Gasteiger partial charge >= 0.3 is 0 Å². The van der Waals surface area contributed by atoms with E-state index in [9.17, 15) is 0 Å². The average Bonchev–Trinajstić information content (AvgIpc) is 3.75. The molecule has 10 aromatic rings. The summed E-state index contributed by atoms with van der Waals surface area (Å²) in [7, 11) is 0. The van der Waals surface area contributed by atoms with Crippen molar-refractivity contribution >= 4 is 81.3 Å². The van der Waals surface area contributed by atoms with Crippen molar-refractivity contribution in [3.8, 4) is 22.3 Å². The third kappa shape index (κ3) is 4.55. The fraction of sp³-hybridized carbons (Fsp3) is 0. The third-order valence-electron chi connectivity index (χ3n) is 9.67. The Labute approximate surface area is 287 Å². The van der Waals surface area contributed by atoms with Gasteiger partial charge in [-0.2, -0.15) is 0 Å². The first-order chi connectivity index (χ1) is 24.3. The van der Waals surface area contributed by atoms with Crippen LogP contribution in [0.15, 0.2) is 180 Å². The van der Waals surface area contributed by atoms with Gasteiger partial charge in [-0.15, -0.1) is 11.3 Å². The quantitative estimate of drug-likeness (QED) is 0.186. The highest BCUT2D eigenvalue weighted by atomic mass is 32.1. The Hall–Kier alpha value is -6.16. The molecule has 0 saturated carbocycles. The molecule has 49 heavy (non-hydrogen) atoms. The molecule has 0 unspecified atom stereocenters. The molecule has 230 valence electrons. The molecular formula is C46H29NOS. The number of furan rings is 1. The van der Waals surface area contributed by atoms with Crippen molar-refractivity contribution in [2.24, 2.45) is 0 Å². The molecule has 0 atom stereocenters. The lowest BCUT2D eigenvalue weighted by molar-refractivity contribution is 0.672. The van der Waals surface area contributed by atoms with Gasteiger partial charge in [0.1, 0.15) is 11.2 Å². The van der Waals surface area contributed by atoms with Crippen molar-refractivity contribution in [3.05, 3.63) is 176 Å². The second-order valence-corrected chi connectivity index (χ2v) is 13.5. The van der Waals surface area contributed by atoms with E-state index < -0.39 is 0 Å². The van der Waals surface area contributed by atoms with Gasteiger partial charge in [0.25, 0.3) is 0 Å². The van der Waals surface area contributed by atoms with Crippen molar-refractivity contribution in [3.63, 3.8) is 0 Å². The van der Waals surface area contributed by atoms with Gasteiger partial charge in [0, 0.05) is 42.9 Å². The molecular weight excluding hydrogens is 615 g/mol. The number of rotatable bonds is 5. The van der Waals surface area contributed by atoms with Gasteiger partial charge < -0.3 is 9.32 Å². The van der Waals surface area contributed by atoms with Crippen molar-refractivity contribution < 1.29 is 4.42 Å². The normalized spacial score (nSPS) is 11.7. The Kier molecular flexibility index (Phi) is 6.39. The van der Waals surface area contributed by atoms with Crippen LogP contribution in [0.5, 0.6) is 0 Å². The molecule has 0 radical (unpaired) electrons. The van der Waals surface area contributed by atoms with Gasteiger partial charge in [-0.3, -0.25) is 0 Å². The van der Waals surface area contributed by atoms with Crippen LogP contribution in [-0.2, 0) is 0 Å². The zero-order valence-corrected chi connectivity index (χ0v) is 27.3. The Morgan fingerprint density at radius 3 is 2.02 bits per heavy atom. The van der Waals surface area contributed by atoms with E-state index in [1.165, 1.54) is 42.4 Å². The van der Waals surface area contributed by atoms with Crippen molar-refractivity contribution in [1.82, 2.24) is 0 Å². The van der Waals surface area contributed by atoms with Crippen LogP contribution >= 0.6 is 11.3 Å². The number of para-hydroxylation sites is 1. The van der Waals surface area contributed by atoms with Crippen LogP contribution in [0.1, 0.15) is 0 Å². The van der Waals surface area contributed by atoms with Gasteiger partial charge in [-0.25, -0.2) is 0 Å². The van der Waals surface area contributed by atoms with E-state index >= 15 is 0 Å². The van der Waals surface area contributed by atoms with E-state index in [-0.39, 0.29) is 0 Å². The van der Waals surface area contributed by atoms with Crippen LogP contribution < -0.4 is 4.90 Å². The molecule has 0 bridgehead atoms. The van der Waals surface area contributed by atoms with Gasteiger partial charge in [-0.1, -0.05) is 127 Å². The largest absolute Gasteiger partial charge is 0.455 e. The van der Waals surface area contributed by atoms with Gasteiger partial charge in [0.15, 0.2) is 0 Å². The molecule has 2 aromatic heterocycles. The number of anilines is 3. The molecule has 0 aliphatic carbocycles. The minimum atomic E-state index is 0.899. The molecule has 0 N–H and O–H groups in total. The Morgan fingerprint density at radius 2 is 1.12 bits per heavy atom. The molecule has 0 aliphatic heterocycles. The monoisotopic (exact) mass is 643 g/mol. The van der Waals surface area contributed by atoms with E-state index in [1.807, 2.05) is 11.3 Å². The lowest BCUT2D eigenvalue weighted by Crippen LogP contribution is -2.11. The van der Waals surface area contributed by atoms with Gasteiger partial charge in [0.05, 0.1) is 16.1 Å². The number of fused-ring (bicyclic) bond motifs is 8. The molecule has 0 spiro atoms. The first-order valence-electron chi connectivity index (χ1n) is 16.6. The van der Waals surface area contributed by atoms with Crippen LogP contribution in [0.2, 0.25) is 0 Å². The van der Waals surface area contributed by atoms with Crippen molar-refractivity contribution in [2.45, 2.75) is 0 Å². The first kappa shape index (κ1) is 27.9. The van der Waals surface area contributed by atoms with Crippen LogP contribution in [-0.4, -0.2) is 0 Å². The fourth-order valence-electron chi connectivity index (χ4n) is 7.33. The van der Waals surface area contributed by atoms with E-state index in [2.05, 4.69) is 181 Å². The highest BCUT2D eigenvalue weighted by Crippen LogP contribution is 2.48. The zero-order valence-electron chi connectivity index (χ0n) is 26.5. The maximum Gasteiger partial charge on any atom is 0.143 e. The Bertz CT molecular complexity index is 2830. The minimum Gasteiger partial charge on any atom is -0.455 e. The van der Waals surface area contributed by atoms with E-state index in [0.717, 1.165) is 49.8 Å². The summed E-state index contributed by atoms with van der Waals surface area (Å²) in [6.45, 7) is 0.